The van der Waals surface area contributed by atoms with E-state index in [1.807, 2.05) is 13.8 Å². The number of carboxylic acid groups (broad SMARTS) is 2. The third-order valence-corrected chi connectivity index (χ3v) is 6.92. The van der Waals surface area contributed by atoms with Crippen LogP contribution >= 0.6 is 11.3 Å². The summed E-state index contributed by atoms with van der Waals surface area (Å²) < 4.78 is 10.7. The summed E-state index contributed by atoms with van der Waals surface area (Å²) >= 11 is 1.65. The summed E-state index contributed by atoms with van der Waals surface area (Å²) in [5, 5.41) is 23.0. The topological polar surface area (TPSA) is 144 Å². The number of nitrogens with two attached hydrogens (primary N) is 1. The Hall–Kier alpha value is -3.63. The number of thiazole rings is 1. The van der Waals surface area contributed by atoms with E-state index in [0.29, 0.717) is 6.04 Å². The van der Waals surface area contributed by atoms with Crippen molar-refractivity contribution in [3.05, 3.63) is 70.2 Å². The van der Waals surface area contributed by atoms with Gasteiger partial charge in [0, 0.05) is 10.9 Å². The number of nitrogen functional groups attached to an aromatic ring is 1. The fourth-order valence-corrected chi connectivity index (χ4v) is 4.89. The molecule has 9 nitrogen and oxygen atoms in total. The summed E-state index contributed by atoms with van der Waals surface area (Å²) in [6.45, 7) is 7.07. The number of hydrogen-bond acceptors (Lipinski definition) is 8. The number of aryl methyl sites for hydroxylation is 3. The maximum absolute atomic E-state index is 11.5. The molecule has 0 amide bonds. The summed E-state index contributed by atoms with van der Waals surface area (Å²) in [4.78, 5) is 28.7. The zero-order valence-electron chi connectivity index (χ0n) is 21.8. The Morgan fingerprint density at radius 1 is 1.00 bits per heavy atom. The van der Waals surface area contributed by atoms with Crippen molar-refractivity contribution >= 4 is 28.4 Å². The lowest BCUT2D eigenvalue weighted by molar-refractivity contribution is -0.161. The van der Waals surface area contributed by atoms with Crippen LogP contribution < -0.4 is 20.5 Å². The van der Waals surface area contributed by atoms with E-state index in [9.17, 15) is 19.8 Å². The number of ether oxygens (including phenoxy) is 2. The lowest BCUT2D eigenvalue weighted by Gasteiger charge is -2.22. The number of anilines is 1. The highest BCUT2D eigenvalue weighted by molar-refractivity contribution is 7.15. The Labute approximate surface area is 226 Å². The number of hydrogen-bond donors (Lipinski definition) is 4. The second-order valence-electron chi connectivity index (χ2n) is 9.20. The van der Waals surface area contributed by atoms with E-state index < -0.39 is 24.1 Å². The number of carbonyl (C=O) groups is 2. The molecule has 0 aliphatic heterocycles. The van der Waals surface area contributed by atoms with Crippen LogP contribution in [0.1, 0.15) is 41.5 Å². The number of nitrogens with one attached hydrogen (secondary N) is 1. The zero-order valence-corrected chi connectivity index (χ0v) is 22.7. The molecule has 1 aromatic heterocycles. The Kier molecular flexibility index (Phi) is 10.5. The van der Waals surface area contributed by atoms with E-state index in [0.717, 1.165) is 35.6 Å². The quantitative estimate of drug-likeness (QED) is 0.296. The number of fused-ring (bicyclic) bond motifs is 1. The molecule has 3 atom stereocenters. The molecular weight excluding hydrogens is 506 g/mol. The van der Waals surface area contributed by atoms with Gasteiger partial charge in [-0.2, -0.15) is 0 Å². The largest absolute Gasteiger partial charge is 0.478 e. The van der Waals surface area contributed by atoms with Crippen molar-refractivity contribution in [3.63, 3.8) is 0 Å². The van der Waals surface area contributed by atoms with Crippen molar-refractivity contribution in [1.29, 1.82) is 0 Å². The van der Waals surface area contributed by atoms with E-state index in [1.165, 1.54) is 23.4 Å². The minimum Gasteiger partial charge on any atom is -0.478 e. The molecule has 10 heteroatoms. The number of aromatic nitrogens is 1. The predicted molar refractivity (Wildman–Crippen MR) is 147 cm³/mol. The van der Waals surface area contributed by atoms with Crippen LogP contribution in [0.15, 0.2) is 48.5 Å². The van der Waals surface area contributed by atoms with Crippen LogP contribution in [-0.4, -0.2) is 51.9 Å². The van der Waals surface area contributed by atoms with Crippen LogP contribution in [0.4, 0.5) is 5.13 Å². The van der Waals surface area contributed by atoms with Gasteiger partial charge < -0.3 is 30.7 Å². The predicted octanol–water partition coefficient (Wildman–Crippen LogP) is 4.25. The highest BCUT2D eigenvalue weighted by Gasteiger charge is 2.38. The maximum atomic E-state index is 11.5. The van der Waals surface area contributed by atoms with Crippen LogP contribution in [0.2, 0.25) is 0 Å². The Bertz CT molecular complexity index is 1130. The van der Waals surface area contributed by atoms with Gasteiger partial charge in [-0.3, -0.25) is 0 Å². The van der Waals surface area contributed by atoms with Gasteiger partial charge in [0.25, 0.3) is 0 Å². The number of benzene rings is 2. The first kappa shape index (κ1) is 28.9. The molecule has 0 saturated carbocycles. The van der Waals surface area contributed by atoms with Gasteiger partial charge in [0.1, 0.15) is 11.5 Å². The van der Waals surface area contributed by atoms with Crippen molar-refractivity contribution < 1.29 is 29.3 Å². The molecule has 0 fully saturated rings. The van der Waals surface area contributed by atoms with Gasteiger partial charge in [0.15, 0.2) is 5.13 Å². The summed E-state index contributed by atoms with van der Waals surface area (Å²) in [7, 11) is 0. The molecule has 0 saturated heterocycles. The normalized spacial score (nSPS) is 15.8. The van der Waals surface area contributed by atoms with Crippen molar-refractivity contribution in [2.24, 2.45) is 0 Å². The lowest BCUT2D eigenvalue weighted by Crippen LogP contribution is -2.47. The number of nitrogens with zero attached hydrogens (tertiary/aromatic N) is 1. The van der Waals surface area contributed by atoms with Crippen LogP contribution in [-0.2, 0) is 22.4 Å². The molecule has 38 heavy (non-hydrogen) atoms. The molecule has 0 radical (unpaired) electrons. The molecule has 1 heterocycles. The molecule has 204 valence electrons. The molecule has 0 unspecified atom stereocenters. The van der Waals surface area contributed by atoms with Crippen molar-refractivity contribution in [1.82, 2.24) is 10.3 Å². The highest BCUT2D eigenvalue weighted by Crippen LogP contribution is 2.28. The minimum atomic E-state index is -1.69. The Balaban J connectivity index is 0.000000241. The van der Waals surface area contributed by atoms with Crippen molar-refractivity contribution in [2.75, 3.05) is 12.3 Å². The Morgan fingerprint density at radius 3 is 1.95 bits per heavy atom. The molecular formula is C28H35N3O6S. The second-order valence-corrected chi connectivity index (χ2v) is 10.3. The second kappa shape index (κ2) is 13.8. The number of aliphatic carboxylic acids is 2. The smallest absolute Gasteiger partial charge is 0.349 e. The first-order valence-corrected chi connectivity index (χ1v) is 13.4. The van der Waals surface area contributed by atoms with E-state index in [2.05, 4.69) is 17.2 Å². The Morgan fingerprint density at radius 2 is 1.50 bits per heavy atom. The fourth-order valence-electron chi connectivity index (χ4n) is 3.93. The van der Waals surface area contributed by atoms with E-state index in [1.54, 1.807) is 59.9 Å². The first-order chi connectivity index (χ1) is 18.2. The molecule has 2 aromatic carbocycles. The molecule has 5 N–H and O–H groups in total. The van der Waals surface area contributed by atoms with Crippen LogP contribution in [0.25, 0.3) is 0 Å². The van der Waals surface area contributed by atoms with Gasteiger partial charge >= 0.3 is 11.9 Å². The monoisotopic (exact) mass is 541 g/mol. The van der Waals surface area contributed by atoms with Crippen LogP contribution in [0.5, 0.6) is 11.5 Å². The van der Waals surface area contributed by atoms with Gasteiger partial charge in [-0.05, 0) is 70.3 Å². The van der Waals surface area contributed by atoms with Gasteiger partial charge in [0.05, 0.1) is 5.69 Å². The third kappa shape index (κ3) is 8.46. The number of carboxylic acids is 2. The maximum Gasteiger partial charge on any atom is 0.349 e. The fraction of sp³-hybridized carbons (Fsp3) is 0.393. The summed E-state index contributed by atoms with van der Waals surface area (Å²) in [5.74, 6) is -2.33. The van der Waals surface area contributed by atoms with Crippen LogP contribution in [0.3, 0.4) is 0 Å². The molecule has 4 rings (SSSR count). The van der Waals surface area contributed by atoms with Gasteiger partial charge in [0.2, 0.25) is 12.2 Å². The summed E-state index contributed by atoms with van der Waals surface area (Å²) in [6.07, 6.45) is 1.23. The van der Waals surface area contributed by atoms with Crippen molar-refractivity contribution in [3.8, 4) is 11.5 Å². The first-order valence-electron chi connectivity index (χ1n) is 12.6. The standard InChI is InChI=1S/C18H18O6.C10H17N3S/c1-11-3-7-13(8-4-11)23-15(17(19)20)16(18(21)22)24-14-9-5-12(2)6-10-14;1-2-5-12-7-3-4-8-9(6-7)14-10(11)13-8/h3-10,15-16H,1-2H3,(H,19,20)(H,21,22);7,12H,2-6H2,1H3,(H2,11,13)/t15-,16-;7-/m11/s1. The van der Waals surface area contributed by atoms with E-state index >= 15 is 0 Å². The lowest BCUT2D eigenvalue weighted by atomic mass is 9.98. The number of rotatable bonds is 10. The highest BCUT2D eigenvalue weighted by atomic mass is 32.1. The average molecular weight is 542 g/mol. The van der Waals surface area contributed by atoms with Gasteiger partial charge in [-0.15, -0.1) is 11.3 Å². The molecule has 3 aromatic rings. The average Bonchev–Trinajstić information content (AvgIpc) is 3.26. The van der Waals surface area contributed by atoms with Gasteiger partial charge in [-0.1, -0.05) is 42.3 Å². The van der Waals surface area contributed by atoms with Crippen LogP contribution in [0, 0.1) is 13.8 Å². The molecule has 1 aliphatic rings. The van der Waals surface area contributed by atoms with E-state index in [-0.39, 0.29) is 11.5 Å². The SMILES string of the molecule is CCCN[C@@H]1CCc2nc(N)sc2C1.Cc1ccc(O[C@@H](C(=O)O)[C@@H](Oc2ccc(C)cc2)C(=O)O)cc1. The van der Waals surface area contributed by atoms with E-state index in [4.69, 9.17) is 15.2 Å². The van der Waals surface area contributed by atoms with Gasteiger partial charge in [-0.25, -0.2) is 14.6 Å². The molecule has 0 bridgehead atoms. The molecule has 0 spiro atoms. The zero-order chi connectivity index (χ0) is 27.7. The summed E-state index contributed by atoms with van der Waals surface area (Å²) in [6, 6.07) is 13.9. The summed E-state index contributed by atoms with van der Waals surface area (Å²) in [5.41, 5.74) is 8.87. The molecule has 1 aliphatic carbocycles. The third-order valence-electron chi connectivity index (χ3n) is 5.97. The minimum absolute atomic E-state index is 0.256. The van der Waals surface area contributed by atoms with Crippen molar-refractivity contribution in [2.45, 2.75) is 64.7 Å².